The third-order valence-corrected chi connectivity index (χ3v) is 5.63. The summed E-state index contributed by atoms with van der Waals surface area (Å²) >= 11 is 0. The van der Waals surface area contributed by atoms with Crippen LogP contribution in [0.2, 0.25) is 0 Å². The minimum absolute atomic E-state index is 0.0997. The minimum Gasteiger partial charge on any atom is -0.454 e. The van der Waals surface area contributed by atoms with E-state index in [9.17, 15) is 4.79 Å². The van der Waals surface area contributed by atoms with Gasteiger partial charge in [0.25, 0.3) is 5.56 Å². The molecule has 6 rings (SSSR count). The van der Waals surface area contributed by atoms with Gasteiger partial charge >= 0.3 is 0 Å². The fourth-order valence-electron chi connectivity index (χ4n) is 4.09. The molecule has 0 fully saturated rings. The van der Waals surface area contributed by atoms with E-state index in [1.54, 1.807) is 4.57 Å². The third-order valence-electron chi connectivity index (χ3n) is 5.63. The van der Waals surface area contributed by atoms with Gasteiger partial charge in [0.15, 0.2) is 11.5 Å². The number of benzene rings is 4. The van der Waals surface area contributed by atoms with Crippen LogP contribution in [0.15, 0.2) is 89.7 Å². The number of aromatic nitrogens is 2. The molecule has 0 aliphatic carbocycles. The quantitative estimate of drug-likeness (QED) is 0.392. The van der Waals surface area contributed by atoms with Crippen LogP contribution >= 0.6 is 0 Å². The Hall–Kier alpha value is -4.38. The van der Waals surface area contributed by atoms with Gasteiger partial charge < -0.3 is 9.47 Å². The predicted molar refractivity (Wildman–Crippen MR) is 126 cm³/mol. The first-order valence-corrected chi connectivity index (χ1v) is 10.4. The molecule has 1 aromatic heterocycles. The van der Waals surface area contributed by atoms with E-state index in [1.165, 1.54) is 0 Å². The molecule has 0 spiro atoms. The molecule has 0 amide bonds. The first-order valence-electron chi connectivity index (χ1n) is 10.4. The predicted octanol–water partition coefficient (Wildman–Crippen LogP) is 5.44. The average molecular weight is 418 g/mol. The molecular weight excluding hydrogens is 400 g/mol. The van der Waals surface area contributed by atoms with Crippen molar-refractivity contribution in [3.8, 4) is 17.2 Å². The lowest BCUT2D eigenvalue weighted by molar-refractivity contribution is 0.174. The normalized spacial score (nSPS) is 12.8. The van der Waals surface area contributed by atoms with Crippen LogP contribution in [-0.2, 0) is 0 Å². The highest BCUT2D eigenvalue weighted by Gasteiger charge is 2.14. The Morgan fingerprint density at radius 2 is 1.56 bits per heavy atom. The SMILES string of the molecule is O=c1c2ccccc2nc(/C=C/c2ccc3c(c2)OCO3)n1-c1cccc2ccccc12. The summed E-state index contributed by atoms with van der Waals surface area (Å²) < 4.78 is 12.6. The van der Waals surface area contributed by atoms with Gasteiger partial charge in [0.2, 0.25) is 6.79 Å². The third kappa shape index (κ3) is 3.03. The van der Waals surface area contributed by atoms with Crippen molar-refractivity contribution >= 4 is 33.8 Å². The second-order valence-electron chi connectivity index (χ2n) is 7.57. The molecule has 0 unspecified atom stereocenters. The zero-order valence-corrected chi connectivity index (χ0v) is 17.1. The largest absolute Gasteiger partial charge is 0.454 e. The minimum atomic E-state index is -0.0997. The van der Waals surface area contributed by atoms with Gasteiger partial charge in [0, 0.05) is 5.39 Å². The lowest BCUT2D eigenvalue weighted by Gasteiger charge is -2.14. The fraction of sp³-hybridized carbons (Fsp3) is 0.0370. The van der Waals surface area contributed by atoms with Crippen molar-refractivity contribution in [2.75, 3.05) is 6.79 Å². The maximum atomic E-state index is 13.6. The van der Waals surface area contributed by atoms with Gasteiger partial charge in [-0.3, -0.25) is 9.36 Å². The molecule has 0 N–H and O–H groups in total. The smallest absolute Gasteiger partial charge is 0.266 e. The molecule has 32 heavy (non-hydrogen) atoms. The lowest BCUT2D eigenvalue weighted by Crippen LogP contribution is -2.22. The molecule has 5 aromatic rings. The van der Waals surface area contributed by atoms with Gasteiger partial charge in [-0.1, -0.05) is 60.7 Å². The van der Waals surface area contributed by atoms with Crippen molar-refractivity contribution < 1.29 is 9.47 Å². The number of para-hydroxylation sites is 1. The van der Waals surface area contributed by atoms with Crippen LogP contribution in [0.3, 0.4) is 0 Å². The number of ether oxygens (including phenoxy) is 2. The number of hydrogen-bond donors (Lipinski definition) is 0. The second kappa shape index (κ2) is 7.39. The molecule has 0 saturated heterocycles. The lowest BCUT2D eigenvalue weighted by atomic mass is 10.1. The first-order chi connectivity index (χ1) is 15.8. The van der Waals surface area contributed by atoms with E-state index in [0.29, 0.717) is 22.5 Å². The molecule has 1 aliphatic heterocycles. The number of nitrogens with zero attached hydrogens (tertiary/aromatic N) is 2. The van der Waals surface area contributed by atoms with Crippen LogP contribution in [0.4, 0.5) is 0 Å². The molecule has 0 bridgehead atoms. The Kier molecular flexibility index (Phi) is 4.25. The van der Waals surface area contributed by atoms with E-state index >= 15 is 0 Å². The maximum Gasteiger partial charge on any atom is 0.266 e. The number of hydrogen-bond acceptors (Lipinski definition) is 4. The monoisotopic (exact) mass is 418 g/mol. The van der Waals surface area contributed by atoms with Gasteiger partial charge in [-0.2, -0.15) is 0 Å². The van der Waals surface area contributed by atoms with Crippen LogP contribution in [0.25, 0.3) is 39.5 Å². The van der Waals surface area contributed by atoms with E-state index in [1.807, 2.05) is 97.1 Å². The Labute approximate surface area is 183 Å². The summed E-state index contributed by atoms with van der Waals surface area (Å²) in [5.41, 5.74) is 2.30. The highest BCUT2D eigenvalue weighted by Crippen LogP contribution is 2.33. The van der Waals surface area contributed by atoms with Crippen LogP contribution in [0.1, 0.15) is 11.4 Å². The Bertz CT molecular complexity index is 1580. The van der Waals surface area contributed by atoms with Crippen molar-refractivity contribution in [3.63, 3.8) is 0 Å². The second-order valence-corrected chi connectivity index (χ2v) is 7.57. The van der Waals surface area contributed by atoms with Crippen molar-refractivity contribution in [3.05, 3.63) is 107 Å². The summed E-state index contributed by atoms with van der Waals surface area (Å²) in [7, 11) is 0. The average Bonchev–Trinajstić information content (AvgIpc) is 3.31. The summed E-state index contributed by atoms with van der Waals surface area (Å²) in [6.45, 7) is 0.232. The Morgan fingerprint density at radius 3 is 2.50 bits per heavy atom. The zero-order chi connectivity index (χ0) is 21.5. The molecular formula is C27H18N2O3. The molecule has 0 saturated carbocycles. The van der Waals surface area contributed by atoms with E-state index in [2.05, 4.69) is 0 Å². The van der Waals surface area contributed by atoms with Gasteiger partial charge in [0.05, 0.1) is 16.6 Å². The molecule has 5 nitrogen and oxygen atoms in total. The fourth-order valence-corrected chi connectivity index (χ4v) is 4.09. The van der Waals surface area contributed by atoms with Crippen LogP contribution in [0.5, 0.6) is 11.5 Å². The van der Waals surface area contributed by atoms with Crippen LogP contribution in [0, 0.1) is 0 Å². The summed E-state index contributed by atoms with van der Waals surface area (Å²) in [4.78, 5) is 18.4. The van der Waals surface area contributed by atoms with E-state index in [4.69, 9.17) is 14.5 Å². The summed E-state index contributed by atoms with van der Waals surface area (Å²) in [5, 5.41) is 2.64. The molecule has 154 valence electrons. The summed E-state index contributed by atoms with van der Waals surface area (Å²) in [6.07, 6.45) is 3.80. The molecule has 2 heterocycles. The number of rotatable bonds is 3. The zero-order valence-electron chi connectivity index (χ0n) is 17.1. The van der Waals surface area contributed by atoms with Gasteiger partial charge in [-0.05, 0) is 47.4 Å². The van der Waals surface area contributed by atoms with Gasteiger partial charge in [-0.25, -0.2) is 4.98 Å². The summed E-state index contributed by atoms with van der Waals surface area (Å²) in [6, 6.07) is 27.2. The van der Waals surface area contributed by atoms with Crippen molar-refractivity contribution in [2.45, 2.75) is 0 Å². The van der Waals surface area contributed by atoms with Gasteiger partial charge in [-0.15, -0.1) is 0 Å². The Morgan fingerprint density at radius 1 is 0.781 bits per heavy atom. The maximum absolute atomic E-state index is 13.6. The van der Waals surface area contributed by atoms with Crippen molar-refractivity contribution in [2.24, 2.45) is 0 Å². The van der Waals surface area contributed by atoms with Gasteiger partial charge in [0.1, 0.15) is 5.82 Å². The first kappa shape index (κ1) is 18.4. The highest BCUT2D eigenvalue weighted by atomic mass is 16.7. The standard InChI is InChI=1S/C27H18N2O3/c30-27-21-9-3-4-10-22(21)28-26(15-13-18-12-14-24-25(16-18)32-17-31-24)29(27)23-11-5-7-19-6-1-2-8-20(19)23/h1-16H,17H2/b15-13+. The van der Waals surface area contributed by atoms with Crippen LogP contribution < -0.4 is 15.0 Å². The summed E-state index contributed by atoms with van der Waals surface area (Å²) in [5.74, 6) is 2.01. The highest BCUT2D eigenvalue weighted by molar-refractivity contribution is 5.91. The van der Waals surface area contributed by atoms with Crippen molar-refractivity contribution in [1.29, 1.82) is 0 Å². The Balaban J connectivity index is 1.58. The topological polar surface area (TPSA) is 53.4 Å². The number of fused-ring (bicyclic) bond motifs is 3. The molecule has 4 aromatic carbocycles. The molecule has 0 atom stereocenters. The van der Waals surface area contributed by atoms with Crippen LogP contribution in [-0.4, -0.2) is 16.3 Å². The van der Waals surface area contributed by atoms with E-state index in [-0.39, 0.29) is 12.4 Å². The van der Waals surface area contributed by atoms with E-state index < -0.39 is 0 Å². The van der Waals surface area contributed by atoms with E-state index in [0.717, 1.165) is 27.8 Å². The van der Waals surface area contributed by atoms with Crippen molar-refractivity contribution in [1.82, 2.24) is 9.55 Å². The molecule has 5 heteroatoms. The molecule has 0 radical (unpaired) electrons. The molecule has 1 aliphatic rings.